The molecule has 1 amide bonds. The van der Waals surface area contributed by atoms with E-state index in [1.165, 1.54) is 6.07 Å². The summed E-state index contributed by atoms with van der Waals surface area (Å²) in [6.45, 7) is 2.13. The van der Waals surface area contributed by atoms with Crippen LogP contribution < -0.4 is 5.32 Å². The predicted octanol–water partition coefficient (Wildman–Crippen LogP) is 1.40. The number of amides is 1. The van der Waals surface area contributed by atoms with E-state index in [1.54, 1.807) is 19.1 Å². The van der Waals surface area contributed by atoms with E-state index in [9.17, 15) is 14.9 Å². The molecule has 6 heteroatoms. The average molecular weight is 264 g/mol. The Bertz CT molecular complexity index is 509. The lowest BCUT2D eigenvalue weighted by molar-refractivity contribution is -0.385. The van der Waals surface area contributed by atoms with Gasteiger partial charge in [0.1, 0.15) is 0 Å². The number of aliphatic hydroxyl groups is 1. The Hall–Kier alpha value is -1.95. The van der Waals surface area contributed by atoms with Crippen molar-refractivity contribution in [3.63, 3.8) is 0 Å². The maximum atomic E-state index is 11.9. The molecular formula is C13H16N2O4. The molecule has 0 bridgehead atoms. The fourth-order valence-electron chi connectivity index (χ4n) is 2.15. The summed E-state index contributed by atoms with van der Waals surface area (Å²) in [6.07, 6.45) is 1.16. The first-order chi connectivity index (χ1) is 8.97. The number of nitro benzene ring substituents is 1. The molecule has 1 aliphatic carbocycles. The monoisotopic (exact) mass is 264 g/mol. The van der Waals surface area contributed by atoms with E-state index < -0.39 is 4.92 Å². The minimum atomic E-state index is -0.492. The zero-order valence-electron chi connectivity index (χ0n) is 10.6. The summed E-state index contributed by atoms with van der Waals surface area (Å²) in [5.41, 5.74) is 0.771. The molecule has 1 fully saturated rings. The summed E-state index contributed by atoms with van der Waals surface area (Å²) in [4.78, 5) is 22.2. The molecule has 0 spiro atoms. The van der Waals surface area contributed by atoms with Gasteiger partial charge in [0.05, 0.1) is 11.0 Å². The number of nitrogens with one attached hydrogen (secondary N) is 1. The van der Waals surface area contributed by atoms with Gasteiger partial charge in [-0.1, -0.05) is 6.07 Å². The Morgan fingerprint density at radius 2 is 2.21 bits per heavy atom. The van der Waals surface area contributed by atoms with Crippen LogP contribution in [0.3, 0.4) is 0 Å². The second-order valence-electron chi connectivity index (χ2n) is 4.96. The lowest BCUT2D eigenvalue weighted by atomic mass is 9.82. The first-order valence-electron chi connectivity index (χ1n) is 6.18. The fourth-order valence-corrected chi connectivity index (χ4v) is 2.15. The van der Waals surface area contributed by atoms with E-state index in [0.29, 0.717) is 30.9 Å². The maximum Gasteiger partial charge on any atom is 0.273 e. The third-order valence-corrected chi connectivity index (χ3v) is 3.43. The largest absolute Gasteiger partial charge is 0.393 e. The highest BCUT2D eigenvalue weighted by Gasteiger charge is 2.27. The lowest BCUT2D eigenvalue weighted by Crippen LogP contribution is -2.38. The quantitative estimate of drug-likeness (QED) is 0.635. The Balaban J connectivity index is 1.99. The van der Waals surface area contributed by atoms with Crippen molar-refractivity contribution >= 4 is 11.6 Å². The van der Waals surface area contributed by atoms with Gasteiger partial charge in [0, 0.05) is 23.7 Å². The van der Waals surface area contributed by atoms with Crippen molar-refractivity contribution in [3.8, 4) is 0 Å². The Labute approximate surface area is 110 Å². The first-order valence-corrected chi connectivity index (χ1v) is 6.18. The number of hydrogen-bond donors (Lipinski definition) is 2. The topological polar surface area (TPSA) is 92.5 Å². The SMILES string of the molecule is Cc1ccc(C(=O)NCC2CC(O)C2)cc1[N+](=O)[O-]. The van der Waals surface area contributed by atoms with Crippen molar-refractivity contribution in [1.29, 1.82) is 0 Å². The summed E-state index contributed by atoms with van der Waals surface area (Å²) in [7, 11) is 0. The van der Waals surface area contributed by atoms with Crippen LogP contribution in [0.25, 0.3) is 0 Å². The highest BCUT2D eigenvalue weighted by Crippen LogP contribution is 2.26. The van der Waals surface area contributed by atoms with Crippen LogP contribution in [-0.4, -0.2) is 28.6 Å². The zero-order valence-corrected chi connectivity index (χ0v) is 10.6. The summed E-state index contributed by atoms with van der Waals surface area (Å²) in [5.74, 6) is -0.0103. The molecule has 1 aromatic rings. The van der Waals surface area contributed by atoms with E-state index >= 15 is 0 Å². The molecule has 1 aliphatic rings. The molecule has 0 unspecified atom stereocenters. The minimum absolute atomic E-state index is 0.0493. The van der Waals surface area contributed by atoms with Gasteiger partial charge in [-0.05, 0) is 31.7 Å². The molecule has 0 aromatic heterocycles. The van der Waals surface area contributed by atoms with Gasteiger partial charge in [0.25, 0.3) is 11.6 Å². The number of benzene rings is 1. The number of aliphatic hydroxyl groups excluding tert-OH is 1. The molecule has 6 nitrogen and oxygen atoms in total. The number of carbonyl (C=O) groups is 1. The lowest BCUT2D eigenvalue weighted by Gasteiger charge is -2.31. The van der Waals surface area contributed by atoms with Gasteiger partial charge in [-0.3, -0.25) is 14.9 Å². The van der Waals surface area contributed by atoms with E-state index in [-0.39, 0.29) is 23.3 Å². The molecule has 0 radical (unpaired) electrons. The van der Waals surface area contributed by atoms with Gasteiger partial charge in [-0.15, -0.1) is 0 Å². The van der Waals surface area contributed by atoms with Crippen LogP contribution in [0.4, 0.5) is 5.69 Å². The van der Waals surface area contributed by atoms with Gasteiger partial charge >= 0.3 is 0 Å². The smallest absolute Gasteiger partial charge is 0.273 e. The second-order valence-corrected chi connectivity index (χ2v) is 4.96. The van der Waals surface area contributed by atoms with Crippen LogP contribution in [0.15, 0.2) is 18.2 Å². The minimum Gasteiger partial charge on any atom is -0.393 e. The van der Waals surface area contributed by atoms with Crippen molar-refractivity contribution in [2.24, 2.45) is 5.92 Å². The van der Waals surface area contributed by atoms with Crippen LogP contribution in [-0.2, 0) is 0 Å². The Morgan fingerprint density at radius 3 is 2.79 bits per heavy atom. The van der Waals surface area contributed by atoms with Gasteiger partial charge < -0.3 is 10.4 Å². The van der Waals surface area contributed by atoms with Crippen molar-refractivity contribution in [2.75, 3.05) is 6.54 Å². The van der Waals surface area contributed by atoms with Gasteiger partial charge in [0.15, 0.2) is 0 Å². The van der Waals surface area contributed by atoms with Gasteiger partial charge in [-0.25, -0.2) is 0 Å². The molecule has 102 valence electrons. The number of nitro groups is 1. The second kappa shape index (κ2) is 5.36. The van der Waals surface area contributed by atoms with Crippen LogP contribution >= 0.6 is 0 Å². The Morgan fingerprint density at radius 1 is 1.53 bits per heavy atom. The summed E-state index contributed by atoms with van der Waals surface area (Å²) < 4.78 is 0. The normalized spacial score (nSPS) is 21.6. The molecule has 2 N–H and O–H groups in total. The number of rotatable bonds is 4. The maximum absolute atomic E-state index is 11.9. The van der Waals surface area contributed by atoms with Gasteiger partial charge in [-0.2, -0.15) is 0 Å². The van der Waals surface area contributed by atoms with Crippen LogP contribution in [0, 0.1) is 23.0 Å². The molecule has 0 saturated heterocycles. The number of nitrogens with zero attached hydrogens (tertiary/aromatic N) is 1. The van der Waals surface area contributed by atoms with Crippen LogP contribution in [0.5, 0.6) is 0 Å². The van der Waals surface area contributed by atoms with Crippen molar-refractivity contribution in [1.82, 2.24) is 5.32 Å². The molecular weight excluding hydrogens is 248 g/mol. The molecule has 1 aromatic carbocycles. The number of aryl methyl sites for hydroxylation is 1. The summed E-state index contributed by atoms with van der Waals surface area (Å²) in [6, 6.07) is 4.44. The fraction of sp³-hybridized carbons (Fsp3) is 0.462. The van der Waals surface area contributed by atoms with Crippen molar-refractivity contribution < 1.29 is 14.8 Å². The average Bonchev–Trinajstić information content (AvgIpc) is 2.33. The standard InChI is InChI=1S/C13H16N2O4/c1-8-2-3-10(6-12(8)15(18)19)13(17)14-7-9-4-11(16)5-9/h2-3,6,9,11,16H,4-5,7H2,1H3,(H,14,17). The van der Waals surface area contributed by atoms with Crippen LogP contribution in [0.1, 0.15) is 28.8 Å². The van der Waals surface area contributed by atoms with Crippen LogP contribution in [0.2, 0.25) is 0 Å². The van der Waals surface area contributed by atoms with E-state index in [4.69, 9.17) is 5.11 Å². The highest BCUT2D eigenvalue weighted by molar-refractivity contribution is 5.94. The third-order valence-electron chi connectivity index (χ3n) is 3.43. The number of carbonyl (C=O) groups excluding carboxylic acids is 1. The van der Waals surface area contributed by atoms with Crippen molar-refractivity contribution in [3.05, 3.63) is 39.4 Å². The number of hydrogen-bond acceptors (Lipinski definition) is 4. The molecule has 19 heavy (non-hydrogen) atoms. The molecule has 2 rings (SSSR count). The van der Waals surface area contributed by atoms with E-state index in [1.807, 2.05) is 0 Å². The van der Waals surface area contributed by atoms with E-state index in [2.05, 4.69) is 5.32 Å². The molecule has 1 saturated carbocycles. The van der Waals surface area contributed by atoms with Gasteiger partial charge in [0.2, 0.25) is 0 Å². The molecule has 0 atom stereocenters. The van der Waals surface area contributed by atoms with E-state index in [0.717, 1.165) is 0 Å². The first kappa shape index (κ1) is 13.5. The van der Waals surface area contributed by atoms with Crippen molar-refractivity contribution in [2.45, 2.75) is 25.9 Å². The highest BCUT2D eigenvalue weighted by atomic mass is 16.6. The molecule has 0 heterocycles. The zero-order chi connectivity index (χ0) is 14.0. The summed E-state index contributed by atoms with van der Waals surface area (Å²) >= 11 is 0. The molecule has 0 aliphatic heterocycles. The predicted molar refractivity (Wildman–Crippen MR) is 68.9 cm³/mol. The third kappa shape index (κ3) is 3.08. The Kier molecular flexibility index (Phi) is 3.80. The summed E-state index contributed by atoms with van der Waals surface area (Å²) in [5, 5.41) is 22.7.